The minimum absolute atomic E-state index is 0.315. The molecule has 1 fully saturated rings. The first-order valence-electron chi connectivity index (χ1n) is 11.6. The summed E-state index contributed by atoms with van der Waals surface area (Å²) in [6.45, 7) is 7.67. The maximum Gasteiger partial charge on any atom is 0.336 e. The van der Waals surface area contributed by atoms with E-state index in [2.05, 4.69) is 43.0 Å². The van der Waals surface area contributed by atoms with Gasteiger partial charge in [-0.3, -0.25) is 4.90 Å². The smallest absolute Gasteiger partial charge is 0.336 e. The summed E-state index contributed by atoms with van der Waals surface area (Å²) in [5.74, 6) is 0. The van der Waals surface area contributed by atoms with Crippen LogP contribution in [0, 0.1) is 13.8 Å². The maximum atomic E-state index is 12.3. The first-order chi connectivity index (χ1) is 15.6. The Kier molecular flexibility index (Phi) is 5.67. The molecule has 1 aliphatic heterocycles. The van der Waals surface area contributed by atoms with Crippen LogP contribution in [0.15, 0.2) is 75.9 Å². The zero-order chi connectivity index (χ0) is 22.1. The molecule has 32 heavy (non-hydrogen) atoms. The molecule has 0 saturated carbocycles. The van der Waals surface area contributed by atoms with Gasteiger partial charge in [0.1, 0.15) is 5.58 Å². The average Bonchev–Trinajstić information content (AvgIpc) is 2.80. The van der Waals surface area contributed by atoms with Gasteiger partial charge in [0.05, 0.1) is 0 Å². The molecule has 4 aromatic rings. The standard InChI is InChI=1S/C29H29NO2/c1-20-17-26-29(25(18-27(31)32-26)23-9-5-3-6-10-23)21(2)28(20)24-13-11-22(12-14-24)19-30-15-7-4-8-16-30/h3,5-6,9-14,17-18H,4,7-8,15-16,19H2,1-2H3. The van der Waals surface area contributed by atoms with E-state index in [1.807, 2.05) is 36.4 Å². The number of aryl methyl sites for hydroxylation is 2. The lowest BCUT2D eigenvalue weighted by Crippen LogP contribution is -2.28. The highest BCUT2D eigenvalue weighted by Crippen LogP contribution is 2.37. The summed E-state index contributed by atoms with van der Waals surface area (Å²) in [5.41, 5.74) is 8.34. The van der Waals surface area contributed by atoms with E-state index in [4.69, 9.17) is 4.42 Å². The lowest BCUT2D eigenvalue weighted by molar-refractivity contribution is 0.221. The lowest BCUT2D eigenvalue weighted by Gasteiger charge is -2.26. The maximum absolute atomic E-state index is 12.3. The van der Waals surface area contributed by atoms with Gasteiger partial charge in [-0.1, -0.05) is 61.0 Å². The van der Waals surface area contributed by atoms with Gasteiger partial charge in [0.25, 0.3) is 0 Å². The van der Waals surface area contributed by atoms with Gasteiger partial charge in [-0.05, 0) is 79.2 Å². The fourth-order valence-corrected chi connectivity index (χ4v) is 5.13. The topological polar surface area (TPSA) is 33.5 Å². The normalized spacial score (nSPS) is 14.7. The van der Waals surface area contributed by atoms with Crippen molar-refractivity contribution in [3.05, 3.63) is 93.8 Å². The van der Waals surface area contributed by atoms with Gasteiger partial charge in [0.2, 0.25) is 0 Å². The number of fused-ring (bicyclic) bond motifs is 1. The van der Waals surface area contributed by atoms with E-state index in [1.165, 1.54) is 49.0 Å². The summed E-state index contributed by atoms with van der Waals surface area (Å²) < 4.78 is 5.62. The van der Waals surface area contributed by atoms with Gasteiger partial charge in [-0.2, -0.15) is 0 Å². The van der Waals surface area contributed by atoms with E-state index in [1.54, 1.807) is 6.07 Å². The van der Waals surface area contributed by atoms with Crippen LogP contribution in [-0.4, -0.2) is 18.0 Å². The molecule has 1 saturated heterocycles. The number of likely N-dealkylation sites (tertiary alicyclic amines) is 1. The van der Waals surface area contributed by atoms with E-state index in [0.717, 1.165) is 34.2 Å². The van der Waals surface area contributed by atoms with Crippen LogP contribution in [0.3, 0.4) is 0 Å². The highest BCUT2D eigenvalue weighted by atomic mass is 16.4. The highest BCUT2D eigenvalue weighted by molar-refractivity contribution is 6.00. The minimum atomic E-state index is -0.315. The molecule has 0 aliphatic carbocycles. The second kappa shape index (κ2) is 8.76. The molecule has 1 aliphatic rings. The van der Waals surface area contributed by atoms with E-state index < -0.39 is 0 Å². The summed E-state index contributed by atoms with van der Waals surface area (Å²) in [6, 6.07) is 22.7. The van der Waals surface area contributed by atoms with Crippen molar-refractivity contribution in [2.45, 2.75) is 39.7 Å². The zero-order valence-corrected chi connectivity index (χ0v) is 18.9. The first-order valence-corrected chi connectivity index (χ1v) is 11.6. The van der Waals surface area contributed by atoms with Gasteiger partial charge in [0.15, 0.2) is 0 Å². The second-order valence-electron chi connectivity index (χ2n) is 8.95. The molecular formula is C29H29NO2. The Morgan fingerprint density at radius 3 is 2.28 bits per heavy atom. The van der Waals surface area contributed by atoms with Gasteiger partial charge in [0, 0.05) is 23.6 Å². The lowest BCUT2D eigenvalue weighted by atomic mass is 9.89. The third-order valence-electron chi connectivity index (χ3n) is 6.66. The van der Waals surface area contributed by atoms with Crippen LogP contribution >= 0.6 is 0 Å². The van der Waals surface area contributed by atoms with Crippen molar-refractivity contribution in [3.8, 4) is 22.3 Å². The van der Waals surface area contributed by atoms with E-state index in [-0.39, 0.29) is 5.63 Å². The SMILES string of the molecule is Cc1cc2oc(=O)cc(-c3ccccc3)c2c(C)c1-c1ccc(CN2CCCCC2)cc1. The minimum Gasteiger partial charge on any atom is -0.423 e. The number of hydrogen-bond acceptors (Lipinski definition) is 3. The molecule has 0 amide bonds. The number of rotatable bonds is 4. The molecule has 0 radical (unpaired) electrons. The Morgan fingerprint density at radius 1 is 0.844 bits per heavy atom. The van der Waals surface area contributed by atoms with Gasteiger partial charge < -0.3 is 4.42 Å². The average molecular weight is 424 g/mol. The third-order valence-corrected chi connectivity index (χ3v) is 6.66. The number of hydrogen-bond donors (Lipinski definition) is 0. The molecule has 3 heteroatoms. The Labute approximate surface area is 189 Å². The van der Waals surface area contributed by atoms with Crippen LogP contribution in [0.2, 0.25) is 0 Å². The summed E-state index contributed by atoms with van der Waals surface area (Å²) in [6.07, 6.45) is 3.99. The molecule has 3 aromatic carbocycles. The fraction of sp³-hybridized carbons (Fsp3) is 0.276. The number of benzene rings is 3. The van der Waals surface area contributed by atoms with Crippen molar-refractivity contribution < 1.29 is 4.42 Å². The van der Waals surface area contributed by atoms with Gasteiger partial charge in [-0.15, -0.1) is 0 Å². The van der Waals surface area contributed by atoms with Gasteiger partial charge in [-0.25, -0.2) is 4.79 Å². The number of nitrogens with zero attached hydrogens (tertiary/aromatic N) is 1. The Bertz CT molecular complexity index is 1300. The first kappa shape index (κ1) is 20.7. The molecule has 2 heterocycles. The summed E-state index contributed by atoms with van der Waals surface area (Å²) in [7, 11) is 0. The largest absolute Gasteiger partial charge is 0.423 e. The second-order valence-corrected chi connectivity index (χ2v) is 8.95. The Morgan fingerprint density at radius 2 is 1.56 bits per heavy atom. The molecule has 0 unspecified atom stereocenters. The molecule has 3 nitrogen and oxygen atoms in total. The summed E-state index contributed by atoms with van der Waals surface area (Å²) >= 11 is 0. The van der Waals surface area contributed by atoms with Crippen molar-refractivity contribution in [1.82, 2.24) is 4.90 Å². The predicted molar refractivity (Wildman–Crippen MR) is 132 cm³/mol. The Balaban J connectivity index is 1.58. The van der Waals surface area contributed by atoms with Crippen molar-refractivity contribution in [2.24, 2.45) is 0 Å². The highest BCUT2D eigenvalue weighted by Gasteiger charge is 2.17. The number of piperidine rings is 1. The molecule has 0 bridgehead atoms. The molecule has 0 atom stereocenters. The van der Waals surface area contributed by atoms with Crippen LogP contribution < -0.4 is 5.63 Å². The van der Waals surface area contributed by atoms with Gasteiger partial charge >= 0.3 is 5.63 Å². The van der Waals surface area contributed by atoms with Crippen molar-refractivity contribution in [2.75, 3.05) is 13.1 Å². The Hall–Kier alpha value is -3.17. The third kappa shape index (κ3) is 4.01. The van der Waals surface area contributed by atoms with Crippen molar-refractivity contribution in [3.63, 3.8) is 0 Å². The quantitative estimate of drug-likeness (QED) is 0.341. The van der Waals surface area contributed by atoms with Crippen LogP contribution in [0.1, 0.15) is 36.0 Å². The molecule has 0 spiro atoms. The predicted octanol–water partition coefficient (Wildman–Crippen LogP) is 6.73. The monoisotopic (exact) mass is 423 g/mol. The van der Waals surface area contributed by atoms with Crippen LogP contribution in [0.4, 0.5) is 0 Å². The fourth-order valence-electron chi connectivity index (χ4n) is 5.13. The van der Waals surface area contributed by atoms with E-state index in [0.29, 0.717) is 5.58 Å². The molecule has 0 N–H and O–H groups in total. The molecule has 1 aromatic heterocycles. The van der Waals surface area contributed by atoms with Crippen molar-refractivity contribution in [1.29, 1.82) is 0 Å². The zero-order valence-electron chi connectivity index (χ0n) is 18.9. The van der Waals surface area contributed by atoms with Crippen molar-refractivity contribution >= 4 is 11.0 Å². The summed E-state index contributed by atoms with van der Waals surface area (Å²) in [5, 5.41) is 1.01. The molecule has 5 rings (SSSR count). The van der Waals surface area contributed by atoms with E-state index >= 15 is 0 Å². The van der Waals surface area contributed by atoms with Crippen LogP contribution in [-0.2, 0) is 6.54 Å². The summed E-state index contributed by atoms with van der Waals surface area (Å²) in [4.78, 5) is 14.8. The van der Waals surface area contributed by atoms with Crippen LogP contribution in [0.25, 0.3) is 33.2 Å². The van der Waals surface area contributed by atoms with Crippen LogP contribution in [0.5, 0.6) is 0 Å². The van der Waals surface area contributed by atoms with E-state index in [9.17, 15) is 4.79 Å². The molecular weight excluding hydrogens is 394 g/mol. The molecule has 162 valence electrons.